The molecular formula is C18H17N3O2S2. The van der Waals surface area contributed by atoms with Crippen molar-refractivity contribution in [2.24, 2.45) is 0 Å². The first-order chi connectivity index (χ1) is 12.0. The van der Waals surface area contributed by atoms with Crippen LogP contribution in [0.25, 0.3) is 11.3 Å². The molecule has 7 heteroatoms. The average Bonchev–Trinajstić information content (AvgIpc) is 3.17. The number of hydrogen-bond acceptors (Lipinski definition) is 4. The first-order valence-corrected chi connectivity index (χ1v) is 10.4. The molecule has 0 fully saturated rings. The highest BCUT2D eigenvalue weighted by molar-refractivity contribution is 7.99. The predicted molar refractivity (Wildman–Crippen MR) is 100 cm³/mol. The zero-order chi connectivity index (χ0) is 17.4. The minimum absolute atomic E-state index is 0.246. The Balaban J connectivity index is 1.70. The van der Waals surface area contributed by atoms with Crippen molar-refractivity contribution in [1.82, 2.24) is 9.55 Å². The molecule has 0 bridgehead atoms. The van der Waals surface area contributed by atoms with Crippen LogP contribution >= 0.6 is 11.8 Å². The van der Waals surface area contributed by atoms with Crippen LogP contribution in [0, 0.1) is 6.92 Å². The first-order valence-electron chi connectivity index (χ1n) is 7.92. The number of sulfonamides is 1. The Morgan fingerprint density at radius 2 is 1.88 bits per heavy atom. The number of nitrogens with one attached hydrogen (secondary N) is 1. The summed E-state index contributed by atoms with van der Waals surface area (Å²) >= 11 is 1.71. The van der Waals surface area contributed by atoms with Crippen molar-refractivity contribution in [3.63, 3.8) is 0 Å². The van der Waals surface area contributed by atoms with Crippen LogP contribution in [0.4, 0.5) is 5.69 Å². The summed E-state index contributed by atoms with van der Waals surface area (Å²) in [6.45, 7) is 2.86. The van der Waals surface area contributed by atoms with E-state index in [1.54, 1.807) is 42.1 Å². The highest BCUT2D eigenvalue weighted by Gasteiger charge is 2.20. The molecular weight excluding hydrogens is 354 g/mol. The van der Waals surface area contributed by atoms with E-state index < -0.39 is 10.0 Å². The minimum atomic E-state index is -3.65. The third-order valence-electron chi connectivity index (χ3n) is 4.08. The molecule has 0 spiro atoms. The number of nitrogens with zero attached hydrogens (tertiary/aromatic N) is 2. The predicted octanol–water partition coefficient (Wildman–Crippen LogP) is 3.77. The fourth-order valence-corrected chi connectivity index (χ4v) is 4.78. The molecule has 2 aromatic carbocycles. The van der Waals surface area contributed by atoms with Crippen LogP contribution < -0.4 is 4.72 Å². The van der Waals surface area contributed by atoms with Crippen molar-refractivity contribution in [3.05, 3.63) is 60.3 Å². The van der Waals surface area contributed by atoms with Gasteiger partial charge in [-0.25, -0.2) is 13.4 Å². The largest absolute Gasteiger partial charge is 0.325 e. The molecule has 5 nitrogen and oxygen atoms in total. The van der Waals surface area contributed by atoms with Crippen LogP contribution in [0.2, 0.25) is 0 Å². The maximum absolute atomic E-state index is 12.7. The van der Waals surface area contributed by atoms with Gasteiger partial charge in [0.15, 0.2) is 5.16 Å². The molecule has 0 saturated heterocycles. The van der Waals surface area contributed by atoms with Crippen LogP contribution in [0.5, 0.6) is 0 Å². The molecule has 128 valence electrons. The van der Waals surface area contributed by atoms with Crippen molar-refractivity contribution < 1.29 is 8.42 Å². The smallest absolute Gasteiger partial charge is 0.261 e. The Kier molecular flexibility index (Phi) is 4.05. The summed E-state index contributed by atoms with van der Waals surface area (Å²) in [5.41, 5.74) is 3.11. The van der Waals surface area contributed by atoms with E-state index in [1.807, 2.05) is 31.3 Å². The maximum Gasteiger partial charge on any atom is 0.261 e. The zero-order valence-corrected chi connectivity index (χ0v) is 15.3. The average molecular weight is 371 g/mol. The van der Waals surface area contributed by atoms with Gasteiger partial charge in [-0.3, -0.25) is 4.72 Å². The quantitative estimate of drug-likeness (QED) is 0.758. The highest BCUT2D eigenvalue weighted by atomic mass is 32.2. The van der Waals surface area contributed by atoms with Crippen LogP contribution in [-0.4, -0.2) is 23.7 Å². The summed E-state index contributed by atoms with van der Waals surface area (Å²) in [6, 6.07) is 14.2. The fourth-order valence-electron chi connectivity index (χ4n) is 2.76. The van der Waals surface area contributed by atoms with Gasteiger partial charge >= 0.3 is 0 Å². The van der Waals surface area contributed by atoms with Gasteiger partial charge < -0.3 is 4.57 Å². The second-order valence-electron chi connectivity index (χ2n) is 5.91. The number of thioether (sulfide) groups is 1. The van der Waals surface area contributed by atoms with E-state index in [9.17, 15) is 8.42 Å². The zero-order valence-electron chi connectivity index (χ0n) is 13.6. The summed E-state index contributed by atoms with van der Waals surface area (Å²) in [7, 11) is -3.65. The lowest BCUT2D eigenvalue weighted by Crippen LogP contribution is -2.13. The van der Waals surface area contributed by atoms with Crippen molar-refractivity contribution in [3.8, 4) is 11.3 Å². The lowest BCUT2D eigenvalue weighted by atomic mass is 10.1. The molecule has 0 aliphatic carbocycles. The number of fused-ring (bicyclic) bond motifs is 1. The van der Waals surface area contributed by atoms with Gasteiger partial charge in [0.25, 0.3) is 10.0 Å². The molecule has 25 heavy (non-hydrogen) atoms. The van der Waals surface area contributed by atoms with E-state index in [1.165, 1.54) is 0 Å². The van der Waals surface area contributed by atoms with Gasteiger partial charge in [0.05, 0.1) is 16.3 Å². The number of benzene rings is 2. The van der Waals surface area contributed by atoms with Crippen LogP contribution in [0.1, 0.15) is 5.56 Å². The number of hydrogen-bond donors (Lipinski definition) is 1. The van der Waals surface area contributed by atoms with Crippen LogP contribution in [0.15, 0.2) is 64.8 Å². The molecule has 4 rings (SSSR count). The molecule has 1 aromatic heterocycles. The molecule has 2 heterocycles. The molecule has 0 unspecified atom stereocenters. The number of aromatic nitrogens is 2. The van der Waals surface area contributed by atoms with E-state index in [2.05, 4.69) is 14.3 Å². The summed E-state index contributed by atoms with van der Waals surface area (Å²) in [5, 5.41) is 0.978. The molecule has 3 aromatic rings. The van der Waals surface area contributed by atoms with Crippen molar-refractivity contribution in [2.75, 3.05) is 10.5 Å². The lowest BCUT2D eigenvalue weighted by Gasteiger charge is -2.11. The Morgan fingerprint density at radius 1 is 1.12 bits per heavy atom. The van der Waals surface area contributed by atoms with E-state index in [-0.39, 0.29) is 4.90 Å². The summed E-state index contributed by atoms with van der Waals surface area (Å²) in [6.07, 6.45) is 1.98. The Hall–Kier alpha value is -2.25. The maximum atomic E-state index is 12.7. The topological polar surface area (TPSA) is 64.0 Å². The summed E-state index contributed by atoms with van der Waals surface area (Å²) in [4.78, 5) is 4.87. The second kappa shape index (κ2) is 6.24. The Bertz CT molecular complexity index is 1000. The molecule has 0 amide bonds. The third kappa shape index (κ3) is 3.17. The Morgan fingerprint density at radius 3 is 2.64 bits per heavy atom. The normalized spacial score (nSPS) is 13.6. The second-order valence-corrected chi connectivity index (χ2v) is 8.66. The van der Waals surface area contributed by atoms with Crippen molar-refractivity contribution >= 4 is 27.5 Å². The van der Waals surface area contributed by atoms with E-state index in [4.69, 9.17) is 0 Å². The van der Waals surface area contributed by atoms with Gasteiger partial charge in [0.2, 0.25) is 0 Å². The van der Waals surface area contributed by atoms with E-state index in [0.717, 1.165) is 34.3 Å². The number of rotatable bonds is 4. The summed E-state index contributed by atoms with van der Waals surface area (Å²) < 4.78 is 30.2. The van der Waals surface area contributed by atoms with Gasteiger partial charge in [0.1, 0.15) is 0 Å². The third-order valence-corrected chi connectivity index (χ3v) is 6.43. The molecule has 1 aliphatic rings. The lowest BCUT2D eigenvalue weighted by molar-refractivity contribution is 0.601. The van der Waals surface area contributed by atoms with E-state index >= 15 is 0 Å². The van der Waals surface area contributed by atoms with Crippen LogP contribution in [0.3, 0.4) is 0 Å². The Labute approximate surface area is 151 Å². The number of anilines is 1. The molecule has 1 aliphatic heterocycles. The molecule has 0 radical (unpaired) electrons. The summed E-state index contributed by atoms with van der Waals surface area (Å²) in [5.74, 6) is 1.03. The molecule has 0 atom stereocenters. The fraction of sp³-hybridized carbons (Fsp3) is 0.167. The first kappa shape index (κ1) is 16.2. The van der Waals surface area contributed by atoms with Crippen molar-refractivity contribution in [1.29, 1.82) is 0 Å². The number of imidazole rings is 1. The SMILES string of the molecule is Cc1ccc(S(=O)(=O)Nc2ccccc2-c2cn3c(n2)SCC3)cc1. The monoisotopic (exact) mass is 371 g/mol. The number of para-hydroxylation sites is 1. The van der Waals surface area contributed by atoms with Gasteiger partial charge in [-0.15, -0.1) is 0 Å². The minimum Gasteiger partial charge on any atom is -0.325 e. The van der Waals surface area contributed by atoms with Gasteiger partial charge in [0, 0.05) is 24.1 Å². The van der Waals surface area contributed by atoms with E-state index in [0.29, 0.717) is 5.69 Å². The number of aryl methyl sites for hydroxylation is 2. The van der Waals surface area contributed by atoms with Gasteiger partial charge in [-0.2, -0.15) is 0 Å². The van der Waals surface area contributed by atoms with Crippen LogP contribution in [-0.2, 0) is 16.6 Å². The van der Waals surface area contributed by atoms with Crippen molar-refractivity contribution in [2.45, 2.75) is 23.5 Å². The van der Waals surface area contributed by atoms with Gasteiger partial charge in [-0.1, -0.05) is 47.7 Å². The highest BCUT2D eigenvalue weighted by Crippen LogP contribution is 2.33. The molecule has 1 N–H and O–H groups in total. The van der Waals surface area contributed by atoms with Gasteiger partial charge in [-0.05, 0) is 25.1 Å². The molecule has 0 saturated carbocycles. The standard InChI is InChI=1S/C18H17N3O2S2/c1-13-6-8-14(9-7-13)25(22,23)20-16-5-3-2-4-15(16)17-12-21-10-11-24-18(21)19-17/h2-9,12,20H,10-11H2,1H3.